The summed E-state index contributed by atoms with van der Waals surface area (Å²) in [6.07, 6.45) is 3.22. The van der Waals surface area contributed by atoms with Crippen molar-refractivity contribution in [3.05, 3.63) is 29.3 Å². The Morgan fingerprint density at radius 2 is 2.10 bits per heavy atom. The minimum absolute atomic E-state index is 0.0452. The van der Waals surface area contributed by atoms with Crippen molar-refractivity contribution in [2.45, 2.75) is 33.1 Å². The van der Waals surface area contributed by atoms with Gasteiger partial charge >= 0.3 is 0 Å². The minimum Gasteiger partial charge on any atom is -0.508 e. The molecule has 2 rings (SSSR count). The Labute approximate surface area is 127 Å². The van der Waals surface area contributed by atoms with Crippen molar-refractivity contribution in [2.75, 3.05) is 26.2 Å². The van der Waals surface area contributed by atoms with Crippen LogP contribution in [-0.2, 0) is 0 Å². The first kappa shape index (κ1) is 15.8. The molecular weight excluding hydrogens is 264 g/mol. The van der Waals surface area contributed by atoms with Crippen LogP contribution in [0, 0.1) is 12.8 Å². The maximum absolute atomic E-state index is 12.8. The first-order valence-corrected chi connectivity index (χ1v) is 7.92. The molecule has 2 N–H and O–H groups in total. The summed E-state index contributed by atoms with van der Waals surface area (Å²) in [4.78, 5) is 14.7. The third-order valence-corrected chi connectivity index (χ3v) is 4.25. The molecule has 1 amide bonds. The molecule has 1 aromatic rings. The number of phenolic OH excluding ortho intramolecular Hbond substituents is 1. The Kier molecular flexibility index (Phi) is 5.62. The van der Waals surface area contributed by atoms with Crippen LogP contribution in [-0.4, -0.2) is 42.1 Å². The highest BCUT2D eigenvalue weighted by Gasteiger charge is 2.22. The molecule has 1 aliphatic rings. The molecule has 1 fully saturated rings. The van der Waals surface area contributed by atoms with Gasteiger partial charge in [0.15, 0.2) is 0 Å². The SMILES string of the molecule is CCCN(CC1CCNCC1)C(=O)c1cccc(O)c1C. The fourth-order valence-corrected chi connectivity index (χ4v) is 2.95. The van der Waals surface area contributed by atoms with E-state index in [0.29, 0.717) is 17.0 Å². The van der Waals surface area contributed by atoms with Gasteiger partial charge in [0, 0.05) is 24.2 Å². The van der Waals surface area contributed by atoms with Crippen molar-refractivity contribution in [3.63, 3.8) is 0 Å². The standard InChI is InChI=1S/C17H26N2O2/c1-3-11-19(12-14-7-9-18-10-8-14)17(21)15-5-4-6-16(20)13(15)2/h4-6,14,18,20H,3,7-12H2,1-2H3. The first-order valence-electron chi connectivity index (χ1n) is 7.92. The van der Waals surface area contributed by atoms with E-state index in [1.54, 1.807) is 19.1 Å². The Bertz CT molecular complexity index is 482. The molecule has 1 heterocycles. The zero-order valence-corrected chi connectivity index (χ0v) is 13.1. The van der Waals surface area contributed by atoms with E-state index in [0.717, 1.165) is 45.4 Å². The van der Waals surface area contributed by atoms with Crippen LogP contribution in [0.3, 0.4) is 0 Å². The van der Waals surface area contributed by atoms with Gasteiger partial charge in [-0.2, -0.15) is 0 Å². The highest BCUT2D eigenvalue weighted by Crippen LogP contribution is 2.22. The lowest BCUT2D eigenvalue weighted by atomic mass is 9.96. The monoisotopic (exact) mass is 290 g/mol. The Balaban J connectivity index is 2.12. The maximum atomic E-state index is 12.8. The van der Waals surface area contributed by atoms with Crippen LogP contribution in [0.4, 0.5) is 0 Å². The predicted octanol–water partition coefficient (Wildman–Crippen LogP) is 2.55. The maximum Gasteiger partial charge on any atom is 0.254 e. The molecule has 1 aromatic carbocycles. The highest BCUT2D eigenvalue weighted by molar-refractivity contribution is 5.96. The second kappa shape index (κ2) is 7.46. The second-order valence-corrected chi connectivity index (χ2v) is 5.89. The number of carbonyl (C=O) groups is 1. The van der Waals surface area contributed by atoms with E-state index in [2.05, 4.69) is 12.2 Å². The fraction of sp³-hybridized carbons (Fsp3) is 0.588. The number of nitrogens with zero attached hydrogens (tertiary/aromatic N) is 1. The van der Waals surface area contributed by atoms with Gasteiger partial charge in [0.2, 0.25) is 0 Å². The van der Waals surface area contributed by atoms with Gasteiger partial charge in [0.05, 0.1) is 0 Å². The largest absolute Gasteiger partial charge is 0.508 e. The molecule has 0 aliphatic carbocycles. The fourth-order valence-electron chi connectivity index (χ4n) is 2.95. The molecule has 0 bridgehead atoms. The molecule has 0 atom stereocenters. The molecule has 0 saturated carbocycles. The molecule has 1 saturated heterocycles. The summed E-state index contributed by atoms with van der Waals surface area (Å²) in [7, 11) is 0. The lowest BCUT2D eigenvalue weighted by molar-refractivity contribution is 0.0715. The molecule has 21 heavy (non-hydrogen) atoms. The van der Waals surface area contributed by atoms with Gasteiger partial charge in [-0.15, -0.1) is 0 Å². The zero-order chi connectivity index (χ0) is 15.2. The topological polar surface area (TPSA) is 52.6 Å². The number of carbonyl (C=O) groups excluding carboxylic acids is 1. The van der Waals surface area contributed by atoms with Gasteiger partial charge < -0.3 is 15.3 Å². The number of phenols is 1. The van der Waals surface area contributed by atoms with Crippen molar-refractivity contribution in [1.29, 1.82) is 0 Å². The number of hydrogen-bond acceptors (Lipinski definition) is 3. The lowest BCUT2D eigenvalue weighted by Gasteiger charge is -2.30. The van der Waals surface area contributed by atoms with Crippen LogP contribution < -0.4 is 5.32 Å². The quantitative estimate of drug-likeness (QED) is 0.876. The number of nitrogens with one attached hydrogen (secondary N) is 1. The molecule has 0 spiro atoms. The van der Waals surface area contributed by atoms with Gasteiger partial charge in [-0.3, -0.25) is 4.79 Å². The third kappa shape index (κ3) is 3.97. The predicted molar refractivity (Wildman–Crippen MR) is 84.6 cm³/mol. The Hall–Kier alpha value is -1.55. The Morgan fingerprint density at radius 1 is 1.38 bits per heavy atom. The van der Waals surface area contributed by atoms with Crippen LogP contribution >= 0.6 is 0 Å². The number of amides is 1. The molecule has 4 nitrogen and oxygen atoms in total. The lowest BCUT2D eigenvalue weighted by Crippen LogP contribution is -2.40. The molecule has 0 radical (unpaired) electrons. The van der Waals surface area contributed by atoms with E-state index in [1.165, 1.54) is 0 Å². The van der Waals surface area contributed by atoms with Crippen LogP contribution in [0.5, 0.6) is 5.75 Å². The van der Waals surface area contributed by atoms with Crippen LogP contribution in [0.25, 0.3) is 0 Å². The van der Waals surface area contributed by atoms with E-state index < -0.39 is 0 Å². The summed E-state index contributed by atoms with van der Waals surface area (Å²) in [5, 5.41) is 13.2. The van der Waals surface area contributed by atoms with Crippen molar-refractivity contribution in [2.24, 2.45) is 5.92 Å². The van der Waals surface area contributed by atoms with Crippen molar-refractivity contribution >= 4 is 5.91 Å². The summed E-state index contributed by atoms with van der Waals surface area (Å²) >= 11 is 0. The number of benzene rings is 1. The first-order chi connectivity index (χ1) is 10.1. The number of hydrogen-bond donors (Lipinski definition) is 2. The molecule has 0 unspecified atom stereocenters. The summed E-state index contributed by atoms with van der Waals surface area (Å²) < 4.78 is 0. The van der Waals surface area contributed by atoms with Gasteiger partial charge in [0.1, 0.15) is 5.75 Å². The van der Waals surface area contributed by atoms with E-state index in [9.17, 15) is 9.90 Å². The molecule has 1 aliphatic heterocycles. The number of aromatic hydroxyl groups is 1. The highest BCUT2D eigenvalue weighted by atomic mass is 16.3. The number of rotatable bonds is 5. The smallest absolute Gasteiger partial charge is 0.254 e. The zero-order valence-electron chi connectivity index (χ0n) is 13.1. The van der Waals surface area contributed by atoms with E-state index in [4.69, 9.17) is 0 Å². The van der Waals surface area contributed by atoms with Crippen LogP contribution in [0.1, 0.15) is 42.1 Å². The summed E-state index contributed by atoms with van der Waals surface area (Å²) in [5.41, 5.74) is 1.30. The average Bonchev–Trinajstić information content (AvgIpc) is 2.50. The van der Waals surface area contributed by atoms with Crippen molar-refractivity contribution < 1.29 is 9.90 Å². The second-order valence-electron chi connectivity index (χ2n) is 5.89. The Morgan fingerprint density at radius 3 is 2.76 bits per heavy atom. The summed E-state index contributed by atoms with van der Waals surface area (Å²) in [6, 6.07) is 5.18. The normalized spacial score (nSPS) is 15.9. The van der Waals surface area contributed by atoms with Gasteiger partial charge in [-0.05, 0) is 57.3 Å². The van der Waals surface area contributed by atoms with Crippen molar-refractivity contribution in [3.8, 4) is 5.75 Å². The number of piperidine rings is 1. The van der Waals surface area contributed by atoms with Crippen molar-refractivity contribution in [1.82, 2.24) is 10.2 Å². The molecular formula is C17H26N2O2. The van der Waals surface area contributed by atoms with Gasteiger partial charge in [-0.1, -0.05) is 13.0 Å². The third-order valence-electron chi connectivity index (χ3n) is 4.25. The van der Waals surface area contributed by atoms with Gasteiger partial charge in [-0.25, -0.2) is 0 Å². The van der Waals surface area contributed by atoms with Crippen LogP contribution in [0.2, 0.25) is 0 Å². The summed E-state index contributed by atoms with van der Waals surface area (Å²) in [6.45, 7) is 7.59. The van der Waals surface area contributed by atoms with E-state index >= 15 is 0 Å². The molecule has 4 heteroatoms. The van der Waals surface area contributed by atoms with Crippen LogP contribution in [0.15, 0.2) is 18.2 Å². The minimum atomic E-state index is 0.0452. The molecule has 0 aromatic heterocycles. The average molecular weight is 290 g/mol. The van der Waals surface area contributed by atoms with E-state index in [1.807, 2.05) is 11.0 Å². The molecule has 116 valence electrons. The van der Waals surface area contributed by atoms with Gasteiger partial charge in [0.25, 0.3) is 5.91 Å². The summed E-state index contributed by atoms with van der Waals surface area (Å²) in [5.74, 6) is 0.822. The van der Waals surface area contributed by atoms with E-state index in [-0.39, 0.29) is 11.7 Å².